The van der Waals surface area contributed by atoms with Gasteiger partial charge in [-0.05, 0) is 13.8 Å². The van der Waals surface area contributed by atoms with Crippen molar-refractivity contribution in [2.75, 3.05) is 13.1 Å². The molecule has 0 aromatic heterocycles. The number of quaternary nitrogens is 1. The van der Waals surface area contributed by atoms with E-state index in [-0.39, 0.29) is 18.3 Å². The van der Waals surface area contributed by atoms with Gasteiger partial charge in [0.2, 0.25) is 5.91 Å². The second-order valence-corrected chi connectivity index (χ2v) is 2.72. The van der Waals surface area contributed by atoms with Crippen LogP contribution < -0.4 is 23.5 Å². The van der Waals surface area contributed by atoms with E-state index in [1.165, 1.54) is 0 Å². The summed E-state index contributed by atoms with van der Waals surface area (Å²) in [5.74, 6) is -0.00144. The zero-order valence-electron chi connectivity index (χ0n) is 7.69. The molecule has 0 aromatic carbocycles. The Labute approximate surface area is 79.8 Å². The Morgan fingerprint density at radius 1 is 1.50 bits per heavy atom. The topological polar surface area (TPSA) is 56.7 Å². The first kappa shape index (κ1) is 14.0. The monoisotopic (exact) mass is 192 g/mol. The van der Waals surface area contributed by atoms with Gasteiger partial charge in [-0.2, -0.15) is 0 Å². The lowest BCUT2D eigenvalue weighted by molar-refractivity contribution is -0.367. The molecule has 4 N–H and O–H groups in total. The highest BCUT2D eigenvalue weighted by atomic mass is 35.5. The van der Waals surface area contributed by atoms with Crippen molar-refractivity contribution in [1.29, 1.82) is 0 Å². The summed E-state index contributed by atoms with van der Waals surface area (Å²) in [6, 6.07) is 0. The molecular formula is C8H17ClN2O. The number of halogens is 1. The van der Waals surface area contributed by atoms with E-state index >= 15 is 0 Å². The lowest BCUT2D eigenvalue weighted by Crippen LogP contribution is -3.00. The second kappa shape index (κ2) is 8.56. The molecule has 0 spiro atoms. The molecule has 0 unspecified atom stereocenters. The summed E-state index contributed by atoms with van der Waals surface area (Å²) in [5.41, 5.74) is 4.70. The Bertz CT molecular complexity index is 153. The van der Waals surface area contributed by atoms with Crippen LogP contribution in [-0.2, 0) is 4.79 Å². The largest absolute Gasteiger partial charge is 1.00 e. The molecule has 0 radical (unpaired) electrons. The van der Waals surface area contributed by atoms with E-state index < -0.39 is 0 Å². The first-order chi connectivity index (χ1) is 5.16. The summed E-state index contributed by atoms with van der Waals surface area (Å²) in [6.45, 7) is 5.41. The van der Waals surface area contributed by atoms with Crippen LogP contribution in [0.3, 0.4) is 0 Å². The van der Waals surface area contributed by atoms with E-state index in [0.717, 1.165) is 25.1 Å². The van der Waals surface area contributed by atoms with Crippen molar-refractivity contribution in [3.8, 4) is 0 Å². The van der Waals surface area contributed by atoms with E-state index in [2.05, 4.69) is 11.1 Å². The molecule has 0 saturated heterocycles. The molecule has 12 heavy (non-hydrogen) atoms. The van der Waals surface area contributed by atoms with Crippen LogP contribution in [0.1, 0.15) is 20.3 Å². The van der Waals surface area contributed by atoms with Gasteiger partial charge in [0.25, 0.3) is 0 Å². The van der Waals surface area contributed by atoms with Gasteiger partial charge in [0.1, 0.15) is 0 Å². The summed E-state index contributed by atoms with van der Waals surface area (Å²) < 4.78 is 0. The fourth-order valence-electron chi connectivity index (χ4n) is 0.650. The first-order valence-electron chi connectivity index (χ1n) is 3.89. The molecule has 0 aliphatic rings. The summed E-state index contributed by atoms with van der Waals surface area (Å²) in [6.07, 6.45) is 2.55. The maximum absolute atomic E-state index is 10.9. The summed E-state index contributed by atoms with van der Waals surface area (Å²) >= 11 is 0. The molecule has 0 heterocycles. The van der Waals surface area contributed by atoms with Gasteiger partial charge in [-0.25, -0.2) is 0 Å². The lowest BCUT2D eigenvalue weighted by atomic mass is 10.3. The lowest BCUT2D eigenvalue weighted by Gasteiger charge is -1.98. The number of carbonyl (C=O) groups is 1. The van der Waals surface area contributed by atoms with Gasteiger partial charge < -0.3 is 23.5 Å². The van der Waals surface area contributed by atoms with Gasteiger partial charge in [0.05, 0.1) is 6.54 Å². The number of hydrogen-bond donors (Lipinski definition) is 2. The number of hydrogen-bond acceptors (Lipinski definition) is 1. The molecule has 0 saturated carbocycles. The maximum atomic E-state index is 10.9. The predicted octanol–water partition coefficient (Wildman–Crippen LogP) is -3.30. The zero-order chi connectivity index (χ0) is 8.69. The summed E-state index contributed by atoms with van der Waals surface area (Å²) in [7, 11) is 0. The Balaban J connectivity index is 0. The summed E-state index contributed by atoms with van der Waals surface area (Å²) in [4.78, 5) is 10.9. The molecule has 0 atom stereocenters. The van der Waals surface area contributed by atoms with Crippen molar-refractivity contribution in [2.24, 2.45) is 0 Å². The molecule has 0 bridgehead atoms. The number of allylic oxidation sites excluding steroid dienone is 1. The Hall–Kier alpha value is -0.540. The molecular weight excluding hydrogens is 176 g/mol. The highest BCUT2D eigenvalue weighted by Gasteiger charge is 1.93. The van der Waals surface area contributed by atoms with Crippen LogP contribution in [0.25, 0.3) is 0 Å². The highest BCUT2D eigenvalue weighted by molar-refractivity contribution is 5.87. The van der Waals surface area contributed by atoms with Gasteiger partial charge in [-0.15, -0.1) is 0 Å². The van der Waals surface area contributed by atoms with Crippen molar-refractivity contribution in [3.05, 3.63) is 11.6 Å². The van der Waals surface area contributed by atoms with Crippen LogP contribution in [0.5, 0.6) is 0 Å². The fraction of sp³-hybridized carbons (Fsp3) is 0.625. The van der Waals surface area contributed by atoms with Crippen LogP contribution in [0.15, 0.2) is 11.6 Å². The standard InChI is InChI=1S/C8H16N2O.ClH/c1-7(2)6-8(11)10-5-3-4-9;/h6H,3-5,9H2,1-2H3,(H,10,11);1H. The number of rotatable bonds is 4. The second-order valence-electron chi connectivity index (χ2n) is 2.72. The van der Waals surface area contributed by atoms with Crippen molar-refractivity contribution in [3.63, 3.8) is 0 Å². The van der Waals surface area contributed by atoms with E-state index in [9.17, 15) is 4.79 Å². The minimum absolute atomic E-state index is 0. The molecule has 0 fully saturated rings. The van der Waals surface area contributed by atoms with Crippen molar-refractivity contribution in [1.82, 2.24) is 5.32 Å². The normalized spacial score (nSPS) is 8.25. The van der Waals surface area contributed by atoms with E-state index in [4.69, 9.17) is 0 Å². The number of carbonyl (C=O) groups excluding carboxylic acids is 1. The predicted molar refractivity (Wildman–Crippen MR) is 44.8 cm³/mol. The molecule has 4 heteroatoms. The Morgan fingerprint density at radius 3 is 2.50 bits per heavy atom. The Kier molecular flexibility index (Phi) is 9.99. The van der Waals surface area contributed by atoms with Crippen LogP contribution >= 0.6 is 0 Å². The zero-order valence-corrected chi connectivity index (χ0v) is 8.45. The SMILES string of the molecule is CC(C)=CC(=O)NCCC[NH3+].[Cl-]. The highest BCUT2D eigenvalue weighted by Crippen LogP contribution is 1.86. The van der Waals surface area contributed by atoms with E-state index in [0.29, 0.717) is 0 Å². The van der Waals surface area contributed by atoms with Crippen molar-refractivity contribution < 1.29 is 22.9 Å². The average Bonchev–Trinajstić information content (AvgIpc) is 1.86. The maximum Gasteiger partial charge on any atom is 0.243 e. The van der Waals surface area contributed by atoms with Crippen molar-refractivity contribution in [2.45, 2.75) is 20.3 Å². The molecule has 3 nitrogen and oxygen atoms in total. The third-order valence-electron chi connectivity index (χ3n) is 1.15. The number of nitrogens with one attached hydrogen (secondary N) is 1. The quantitative estimate of drug-likeness (QED) is 0.356. The average molecular weight is 193 g/mol. The van der Waals surface area contributed by atoms with Gasteiger partial charge >= 0.3 is 0 Å². The van der Waals surface area contributed by atoms with Gasteiger partial charge in [-0.3, -0.25) is 4.79 Å². The fourth-order valence-corrected chi connectivity index (χ4v) is 0.650. The number of amides is 1. The smallest absolute Gasteiger partial charge is 0.243 e. The van der Waals surface area contributed by atoms with Crippen LogP contribution in [0, 0.1) is 0 Å². The van der Waals surface area contributed by atoms with Crippen molar-refractivity contribution >= 4 is 5.91 Å². The minimum Gasteiger partial charge on any atom is -1.00 e. The molecule has 1 amide bonds. The first-order valence-corrected chi connectivity index (χ1v) is 3.89. The van der Waals surface area contributed by atoms with E-state index in [1.54, 1.807) is 6.08 Å². The van der Waals surface area contributed by atoms with Crippen LogP contribution in [-0.4, -0.2) is 19.0 Å². The molecule has 0 aromatic rings. The van der Waals surface area contributed by atoms with Crippen LogP contribution in [0.4, 0.5) is 0 Å². The molecule has 0 aliphatic carbocycles. The third-order valence-corrected chi connectivity index (χ3v) is 1.15. The Morgan fingerprint density at radius 2 is 2.08 bits per heavy atom. The molecule has 0 aliphatic heterocycles. The van der Waals surface area contributed by atoms with Gasteiger partial charge in [0.15, 0.2) is 0 Å². The van der Waals surface area contributed by atoms with Gasteiger partial charge in [-0.1, -0.05) is 5.57 Å². The van der Waals surface area contributed by atoms with Gasteiger partial charge in [0, 0.05) is 19.0 Å². The molecule has 72 valence electrons. The summed E-state index contributed by atoms with van der Waals surface area (Å²) in [5, 5.41) is 2.76. The third kappa shape index (κ3) is 9.46. The molecule has 0 rings (SSSR count). The minimum atomic E-state index is -0.00144. The van der Waals surface area contributed by atoms with E-state index in [1.807, 2.05) is 13.8 Å². The van der Waals surface area contributed by atoms with Crippen LogP contribution in [0.2, 0.25) is 0 Å².